The van der Waals surface area contributed by atoms with E-state index in [-0.39, 0.29) is 0 Å². The van der Waals surface area contributed by atoms with Crippen molar-refractivity contribution in [1.82, 2.24) is 5.32 Å². The first-order chi connectivity index (χ1) is 6.82. The van der Waals surface area contributed by atoms with Crippen molar-refractivity contribution >= 4 is 0 Å². The van der Waals surface area contributed by atoms with E-state index in [9.17, 15) is 0 Å². The molecule has 1 atom stereocenters. The van der Waals surface area contributed by atoms with Crippen molar-refractivity contribution in [1.29, 1.82) is 0 Å². The zero-order valence-corrected chi connectivity index (χ0v) is 8.72. The predicted octanol–water partition coefficient (Wildman–Crippen LogP) is 2.42. The summed E-state index contributed by atoms with van der Waals surface area (Å²) in [6.07, 6.45) is 2.73. The standard InChI is InChI=1S/C13H17N/c1-10-6-7-13(8-14-9-13)12-5-3-2-4-11(10)12/h2-5,10,14H,6-9H2,1H3. The van der Waals surface area contributed by atoms with Crippen LogP contribution in [-0.4, -0.2) is 13.1 Å². The molecule has 1 fully saturated rings. The molecule has 0 bridgehead atoms. The van der Waals surface area contributed by atoms with Gasteiger partial charge >= 0.3 is 0 Å². The van der Waals surface area contributed by atoms with E-state index in [1.54, 1.807) is 11.1 Å². The van der Waals surface area contributed by atoms with Gasteiger partial charge in [-0.1, -0.05) is 31.2 Å². The predicted molar refractivity (Wildman–Crippen MR) is 58.6 cm³/mol. The number of benzene rings is 1. The van der Waals surface area contributed by atoms with Crippen LogP contribution in [0.1, 0.15) is 36.8 Å². The molecule has 1 nitrogen and oxygen atoms in total. The zero-order valence-electron chi connectivity index (χ0n) is 8.72. The van der Waals surface area contributed by atoms with Crippen molar-refractivity contribution < 1.29 is 0 Å². The third-order valence-electron chi connectivity index (χ3n) is 4.05. The van der Waals surface area contributed by atoms with E-state index in [4.69, 9.17) is 0 Å². The van der Waals surface area contributed by atoms with E-state index in [1.165, 1.54) is 25.9 Å². The van der Waals surface area contributed by atoms with Crippen molar-refractivity contribution in [2.45, 2.75) is 31.1 Å². The maximum atomic E-state index is 3.43. The molecule has 1 aromatic rings. The highest BCUT2D eigenvalue weighted by Gasteiger charge is 2.42. The molecule has 1 aromatic carbocycles. The van der Waals surface area contributed by atoms with Crippen LogP contribution in [0.25, 0.3) is 0 Å². The lowest BCUT2D eigenvalue weighted by Gasteiger charge is -2.48. The molecule has 3 rings (SSSR count). The van der Waals surface area contributed by atoms with Gasteiger partial charge in [0, 0.05) is 18.5 Å². The van der Waals surface area contributed by atoms with Crippen LogP contribution in [-0.2, 0) is 5.41 Å². The Balaban J connectivity index is 2.12. The van der Waals surface area contributed by atoms with Gasteiger partial charge in [-0.3, -0.25) is 0 Å². The Morgan fingerprint density at radius 1 is 1.29 bits per heavy atom. The Morgan fingerprint density at radius 3 is 2.79 bits per heavy atom. The van der Waals surface area contributed by atoms with E-state index in [2.05, 4.69) is 36.5 Å². The van der Waals surface area contributed by atoms with Gasteiger partial charge in [0.05, 0.1) is 0 Å². The van der Waals surface area contributed by atoms with Crippen molar-refractivity contribution in [3.05, 3.63) is 35.4 Å². The summed E-state index contributed by atoms with van der Waals surface area (Å²) in [7, 11) is 0. The molecule has 1 spiro atoms. The molecule has 0 aromatic heterocycles. The van der Waals surface area contributed by atoms with Gasteiger partial charge in [-0.15, -0.1) is 0 Å². The summed E-state index contributed by atoms with van der Waals surface area (Å²) in [4.78, 5) is 0. The van der Waals surface area contributed by atoms with Crippen LogP contribution in [0.5, 0.6) is 0 Å². The van der Waals surface area contributed by atoms with E-state index >= 15 is 0 Å². The lowest BCUT2D eigenvalue weighted by atomic mass is 9.64. The fraction of sp³-hybridized carbons (Fsp3) is 0.538. The number of rotatable bonds is 0. The average Bonchev–Trinajstić information content (AvgIpc) is 2.17. The Bertz CT molecular complexity index is 352. The molecular weight excluding hydrogens is 170 g/mol. The second-order valence-corrected chi connectivity index (χ2v) is 4.91. The molecule has 0 radical (unpaired) electrons. The highest BCUT2D eigenvalue weighted by Crippen LogP contribution is 2.44. The van der Waals surface area contributed by atoms with Gasteiger partial charge in [0.15, 0.2) is 0 Å². The maximum Gasteiger partial charge on any atom is 0.0205 e. The summed E-state index contributed by atoms with van der Waals surface area (Å²) in [6.45, 7) is 4.74. The van der Waals surface area contributed by atoms with Gasteiger partial charge in [-0.25, -0.2) is 0 Å². The quantitative estimate of drug-likeness (QED) is 0.657. The molecule has 1 saturated heterocycles. The second-order valence-electron chi connectivity index (χ2n) is 4.91. The summed E-state index contributed by atoms with van der Waals surface area (Å²) in [6, 6.07) is 9.03. The summed E-state index contributed by atoms with van der Waals surface area (Å²) in [5.41, 5.74) is 3.72. The summed E-state index contributed by atoms with van der Waals surface area (Å²) in [5.74, 6) is 0.762. The lowest BCUT2D eigenvalue weighted by molar-refractivity contribution is 0.230. The minimum absolute atomic E-state index is 0.503. The number of hydrogen-bond donors (Lipinski definition) is 1. The third-order valence-corrected chi connectivity index (χ3v) is 4.05. The van der Waals surface area contributed by atoms with E-state index in [0.29, 0.717) is 5.41 Å². The van der Waals surface area contributed by atoms with Crippen LogP contribution in [0.3, 0.4) is 0 Å². The number of fused-ring (bicyclic) bond motifs is 2. The lowest BCUT2D eigenvalue weighted by Crippen LogP contribution is -2.58. The van der Waals surface area contributed by atoms with Gasteiger partial charge in [-0.2, -0.15) is 0 Å². The topological polar surface area (TPSA) is 12.0 Å². The fourth-order valence-electron chi connectivity index (χ4n) is 2.99. The van der Waals surface area contributed by atoms with Crippen molar-refractivity contribution in [2.75, 3.05) is 13.1 Å². The first kappa shape index (κ1) is 8.49. The fourth-order valence-corrected chi connectivity index (χ4v) is 2.99. The van der Waals surface area contributed by atoms with Crippen molar-refractivity contribution in [2.24, 2.45) is 0 Å². The molecule has 1 heteroatoms. The Morgan fingerprint density at radius 2 is 2.07 bits per heavy atom. The molecule has 1 heterocycles. The van der Waals surface area contributed by atoms with Gasteiger partial charge in [-0.05, 0) is 29.9 Å². The van der Waals surface area contributed by atoms with Crippen LogP contribution in [0.4, 0.5) is 0 Å². The minimum atomic E-state index is 0.503. The summed E-state index contributed by atoms with van der Waals surface area (Å²) in [5, 5.41) is 3.43. The number of nitrogens with one attached hydrogen (secondary N) is 1. The highest BCUT2D eigenvalue weighted by molar-refractivity contribution is 5.41. The Labute approximate surface area is 85.5 Å². The molecule has 1 N–H and O–H groups in total. The second kappa shape index (κ2) is 2.83. The van der Waals surface area contributed by atoms with E-state index in [0.717, 1.165) is 5.92 Å². The molecule has 1 aliphatic heterocycles. The normalized spacial score (nSPS) is 28.2. The largest absolute Gasteiger partial charge is 0.315 e. The molecular formula is C13H17N. The Kier molecular flexibility index (Phi) is 1.72. The van der Waals surface area contributed by atoms with Crippen molar-refractivity contribution in [3.8, 4) is 0 Å². The Hall–Kier alpha value is -0.820. The van der Waals surface area contributed by atoms with Gasteiger partial charge in [0.25, 0.3) is 0 Å². The minimum Gasteiger partial charge on any atom is -0.315 e. The van der Waals surface area contributed by atoms with Crippen LogP contribution >= 0.6 is 0 Å². The SMILES string of the molecule is CC1CCC2(CNC2)c2ccccc21. The maximum absolute atomic E-state index is 3.43. The summed E-state index contributed by atoms with van der Waals surface area (Å²) < 4.78 is 0. The number of hydrogen-bond acceptors (Lipinski definition) is 1. The van der Waals surface area contributed by atoms with Gasteiger partial charge < -0.3 is 5.32 Å². The molecule has 2 aliphatic rings. The highest BCUT2D eigenvalue weighted by atomic mass is 15.0. The van der Waals surface area contributed by atoms with Crippen molar-refractivity contribution in [3.63, 3.8) is 0 Å². The van der Waals surface area contributed by atoms with E-state index in [1.807, 2.05) is 0 Å². The van der Waals surface area contributed by atoms with Crippen LogP contribution in [0.15, 0.2) is 24.3 Å². The first-order valence-corrected chi connectivity index (χ1v) is 5.62. The molecule has 0 saturated carbocycles. The van der Waals surface area contributed by atoms with E-state index < -0.39 is 0 Å². The van der Waals surface area contributed by atoms with Gasteiger partial charge in [0.2, 0.25) is 0 Å². The van der Waals surface area contributed by atoms with Crippen LogP contribution in [0, 0.1) is 0 Å². The molecule has 0 amide bonds. The third kappa shape index (κ3) is 0.992. The van der Waals surface area contributed by atoms with Crippen LogP contribution < -0.4 is 5.32 Å². The molecule has 1 unspecified atom stereocenters. The van der Waals surface area contributed by atoms with Crippen LogP contribution in [0.2, 0.25) is 0 Å². The monoisotopic (exact) mass is 187 g/mol. The molecule has 14 heavy (non-hydrogen) atoms. The summed E-state index contributed by atoms with van der Waals surface area (Å²) >= 11 is 0. The molecule has 1 aliphatic carbocycles. The average molecular weight is 187 g/mol. The zero-order chi connectivity index (χ0) is 9.60. The smallest absolute Gasteiger partial charge is 0.0205 e. The molecule has 74 valence electrons. The van der Waals surface area contributed by atoms with Gasteiger partial charge in [0.1, 0.15) is 0 Å². The first-order valence-electron chi connectivity index (χ1n) is 5.62.